The number of hydrogen-bond acceptors (Lipinski definition) is 4. The molecule has 0 spiro atoms. The van der Waals surface area contributed by atoms with Crippen LogP contribution in [0.4, 0.5) is 0 Å². The fourth-order valence-electron chi connectivity index (χ4n) is 2.91. The second kappa shape index (κ2) is 6.57. The maximum absolute atomic E-state index is 12.5. The lowest BCUT2D eigenvalue weighted by molar-refractivity contribution is 0.0940. The monoisotopic (exact) mass is 367 g/mol. The van der Waals surface area contributed by atoms with Crippen LogP contribution in [-0.4, -0.2) is 41.7 Å². The molecule has 8 heteroatoms. The van der Waals surface area contributed by atoms with E-state index in [0.29, 0.717) is 23.4 Å². The Kier molecular flexibility index (Phi) is 4.64. The summed E-state index contributed by atoms with van der Waals surface area (Å²) in [6.07, 6.45) is 2.58. The molecule has 0 saturated carbocycles. The van der Waals surface area contributed by atoms with Crippen LogP contribution in [0.15, 0.2) is 30.5 Å². The van der Waals surface area contributed by atoms with Crippen molar-refractivity contribution >= 4 is 27.3 Å². The molecule has 1 N–H and O–H groups in total. The van der Waals surface area contributed by atoms with Crippen molar-refractivity contribution in [3.05, 3.63) is 46.7 Å². The Bertz CT molecular complexity index is 876. The van der Waals surface area contributed by atoms with Gasteiger partial charge in [0.2, 0.25) is 0 Å². The third kappa shape index (κ3) is 3.47. The number of nitrogens with zero attached hydrogens (tertiary/aromatic N) is 2. The van der Waals surface area contributed by atoms with Crippen molar-refractivity contribution in [2.45, 2.75) is 25.8 Å². The first-order valence-electron chi connectivity index (χ1n) is 7.74. The molecule has 128 valence electrons. The third-order valence-corrected chi connectivity index (χ3v) is 6.07. The Morgan fingerprint density at radius 2 is 2.25 bits per heavy atom. The quantitative estimate of drug-likeness (QED) is 0.896. The summed E-state index contributed by atoms with van der Waals surface area (Å²) in [5.74, 6) is -0.162. The predicted octanol–water partition coefficient (Wildman–Crippen LogP) is 2.00. The molecule has 1 atom stereocenters. The topological polar surface area (TPSA) is 81.1 Å². The van der Waals surface area contributed by atoms with E-state index in [1.54, 1.807) is 16.8 Å². The van der Waals surface area contributed by atoms with Gasteiger partial charge in [-0.05, 0) is 31.0 Å². The van der Waals surface area contributed by atoms with Gasteiger partial charge >= 0.3 is 0 Å². The zero-order valence-corrected chi connectivity index (χ0v) is 14.8. The highest BCUT2D eigenvalue weighted by Gasteiger charge is 2.30. The van der Waals surface area contributed by atoms with Crippen LogP contribution in [0, 0.1) is 0 Å². The highest BCUT2D eigenvalue weighted by Crippen LogP contribution is 2.20. The average Bonchev–Trinajstić information content (AvgIpc) is 3.10. The Balaban J connectivity index is 1.85. The molecule has 0 aliphatic carbocycles. The molecule has 1 saturated heterocycles. The van der Waals surface area contributed by atoms with Crippen LogP contribution < -0.4 is 5.32 Å². The molecule has 1 aliphatic rings. The number of sulfone groups is 1. The second-order valence-electron chi connectivity index (χ2n) is 5.82. The minimum atomic E-state index is -3.03. The number of amides is 1. The van der Waals surface area contributed by atoms with Gasteiger partial charge in [-0.15, -0.1) is 0 Å². The van der Waals surface area contributed by atoms with Crippen molar-refractivity contribution in [1.82, 2.24) is 15.1 Å². The van der Waals surface area contributed by atoms with Gasteiger partial charge in [-0.25, -0.2) is 13.1 Å². The van der Waals surface area contributed by atoms with Crippen molar-refractivity contribution < 1.29 is 13.2 Å². The maximum atomic E-state index is 12.5. The number of nitrogens with one attached hydrogen (secondary N) is 1. The highest BCUT2D eigenvalue weighted by molar-refractivity contribution is 7.91. The van der Waals surface area contributed by atoms with Crippen molar-refractivity contribution in [2.24, 2.45) is 0 Å². The maximum Gasteiger partial charge on any atom is 0.255 e. The summed E-state index contributed by atoms with van der Waals surface area (Å²) < 4.78 is 24.7. The van der Waals surface area contributed by atoms with Gasteiger partial charge in [0.15, 0.2) is 9.84 Å². The molecular weight excluding hydrogens is 350 g/mol. The molecule has 0 radical (unpaired) electrons. The first kappa shape index (κ1) is 17.0. The summed E-state index contributed by atoms with van der Waals surface area (Å²) in [7, 11) is -3.03. The molecule has 1 aromatic heterocycles. The smallest absolute Gasteiger partial charge is 0.255 e. The number of aromatic nitrogens is 2. The van der Waals surface area contributed by atoms with E-state index in [1.165, 1.54) is 6.20 Å². The van der Waals surface area contributed by atoms with Crippen LogP contribution in [0.3, 0.4) is 0 Å². The number of carbonyl (C=O) groups excluding carboxylic acids is 1. The van der Waals surface area contributed by atoms with E-state index in [1.807, 2.05) is 19.1 Å². The predicted molar refractivity (Wildman–Crippen MR) is 92.5 cm³/mol. The highest BCUT2D eigenvalue weighted by atomic mass is 35.5. The minimum absolute atomic E-state index is 0.00261. The normalized spacial score (nSPS) is 19.3. The lowest BCUT2D eigenvalue weighted by atomic mass is 10.1. The summed E-state index contributed by atoms with van der Waals surface area (Å²) in [5, 5.41) is 7.70. The summed E-state index contributed by atoms with van der Waals surface area (Å²) >= 11 is 6.02. The minimum Gasteiger partial charge on any atom is -0.348 e. The van der Waals surface area contributed by atoms with E-state index in [2.05, 4.69) is 10.4 Å². The summed E-state index contributed by atoms with van der Waals surface area (Å²) in [6.45, 7) is 1.94. The largest absolute Gasteiger partial charge is 0.348 e. The van der Waals surface area contributed by atoms with Crippen molar-refractivity contribution in [2.75, 3.05) is 11.5 Å². The third-order valence-electron chi connectivity index (χ3n) is 4.07. The molecule has 2 heterocycles. The lowest BCUT2D eigenvalue weighted by Crippen LogP contribution is -2.35. The Morgan fingerprint density at radius 3 is 2.88 bits per heavy atom. The van der Waals surface area contributed by atoms with Crippen LogP contribution in [0.5, 0.6) is 0 Å². The molecule has 1 amide bonds. The number of halogens is 1. The fourth-order valence-corrected chi connectivity index (χ4v) is 4.76. The first-order valence-corrected chi connectivity index (χ1v) is 9.93. The van der Waals surface area contributed by atoms with Crippen LogP contribution in [0.1, 0.15) is 29.4 Å². The van der Waals surface area contributed by atoms with Crippen LogP contribution in [0.25, 0.3) is 5.69 Å². The standard InChI is InChI=1S/C16H18ClN3O3S/c1-2-15-14(16(21)19-12-6-7-24(22,23)10-12)9-18-20(15)13-5-3-4-11(17)8-13/h3-5,8-9,12H,2,6-7,10H2,1H3,(H,19,21)/t12-/m1/s1. The number of hydrogen-bond donors (Lipinski definition) is 1. The van der Waals surface area contributed by atoms with Gasteiger partial charge in [0.1, 0.15) is 0 Å². The van der Waals surface area contributed by atoms with Crippen LogP contribution >= 0.6 is 11.6 Å². The van der Waals surface area contributed by atoms with Gasteiger partial charge in [0.25, 0.3) is 5.91 Å². The molecule has 2 aromatic rings. The fraction of sp³-hybridized carbons (Fsp3) is 0.375. The van der Waals surface area contributed by atoms with E-state index >= 15 is 0 Å². The van der Waals surface area contributed by atoms with E-state index in [9.17, 15) is 13.2 Å². The van der Waals surface area contributed by atoms with Gasteiger partial charge in [-0.1, -0.05) is 24.6 Å². The average molecular weight is 368 g/mol. The molecule has 1 aliphatic heterocycles. The molecule has 3 rings (SSSR count). The summed E-state index contributed by atoms with van der Waals surface area (Å²) in [5.41, 5.74) is 2.00. The van der Waals surface area contributed by atoms with E-state index in [-0.39, 0.29) is 23.5 Å². The summed E-state index contributed by atoms with van der Waals surface area (Å²) in [6, 6.07) is 6.90. The molecule has 1 fully saturated rings. The van der Waals surface area contributed by atoms with Crippen molar-refractivity contribution in [3.63, 3.8) is 0 Å². The van der Waals surface area contributed by atoms with Gasteiger partial charge < -0.3 is 5.32 Å². The van der Waals surface area contributed by atoms with E-state index in [0.717, 1.165) is 11.4 Å². The van der Waals surface area contributed by atoms with Crippen molar-refractivity contribution in [3.8, 4) is 5.69 Å². The molecular formula is C16H18ClN3O3S. The molecule has 0 unspecified atom stereocenters. The molecule has 24 heavy (non-hydrogen) atoms. The van der Waals surface area contributed by atoms with E-state index in [4.69, 9.17) is 11.6 Å². The zero-order valence-electron chi connectivity index (χ0n) is 13.2. The van der Waals surface area contributed by atoms with Gasteiger partial charge in [0, 0.05) is 11.1 Å². The van der Waals surface area contributed by atoms with Crippen LogP contribution in [0.2, 0.25) is 5.02 Å². The Labute approximate surface area is 145 Å². The number of rotatable bonds is 4. The molecule has 6 nitrogen and oxygen atoms in total. The number of benzene rings is 1. The SMILES string of the molecule is CCc1c(C(=O)N[C@@H]2CCS(=O)(=O)C2)cnn1-c1cccc(Cl)c1. The van der Waals surface area contributed by atoms with Gasteiger partial charge in [-0.2, -0.15) is 5.10 Å². The lowest BCUT2D eigenvalue weighted by Gasteiger charge is -2.12. The summed E-state index contributed by atoms with van der Waals surface area (Å²) in [4.78, 5) is 12.5. The number of carbonyl (C=O) groups is 1. The van der Waals surface area contributed by atoms with Gasteiger partial charge in [-0.3, -0.25) is 4.79 Å². The second-order valence-corrected chi connectivity index (χ2v) is 8.49. The zero-order chi connectivity index (χ0) is 17.3. The first-order chi connectivity index (χ1) is 11.4. The van der Waals surface area contributed by atoms with Crippen LogP contribution in [-0.2, 0) is 16.3 Å². The molecule has 1 aromatic carbocycles. The Morgan fingerprint density at radius 1 is 1.46 bits per heavy atom. The van der Waals surface area contributed by atoms with Gasteiger partial charge in [0.05, 0.1) is 34.6 Å². The Hall–Kier alpha value is -1.86. The molecule has 0 bridgehead atoms. The van der Waals surface area contributed by atoms with Crippen molar-refractivity contribution in [1.29, 1.82) is 0 Å². The van der Waals surface area contributed by atoms with E-state index < -0.39 is 9.84 Å².